The van der Waals surface area contributed by atoms with Crippen molar-refractivity contribution in [1.82, 2.24) is 0 Å². The fourth-order valence-electron chi connectivity index (χ4n) is 0.808. The Morgan fingerprint density at radius 2 is 2.42 bits per heavy atom. The van der Waals surface area contributed by atoms with Crippen LogP contribution in [0.15, 0.2) is 16.5 Å². The molecule has 0 aliphatic carbocycles. The van der Waals surface area contributed by atoms with Crippen molar-refractivity contribution in [2.45, 2.75) is 5.75 Å². The molecule has 0 radical (unpaired) electrons. The molecule has 12 heavy (non-hydrogen) atoms. The van der Waals surface area contributed by atoms with Crippen LogP contribution in [0.2, 0.25) is 0 Å². The van der Waals surface area contributed by atoms with E-state index in [0.29, 0.717) is 0 Å². The standard InChI is InChI=1S/C8H10O3S/c1-10-8(9)7-4-3-6(11-7)5-12-2/h3-4H,5H2,1-2H3. The highest BCUT2D eigenvalue weighted by molar-refractivity contribution is 7.97. The van der Waals surface area contributed by atoms with Crippen LogP contribution in [0, 0.1) is 0 Å². The lowest BCUT2D eigenvalue weighted by Crippen LogP contribution is -1.98. The van der Waals surface area contributed by atoms with Gasteiger partial charge in [-0.3, -0.25) is 0 Å². The Morgan fingerprint density at radius 1 is 1.67 bits per heavy atom. The molecule has 0 aliphatic rings. The van der Waals surface area contributed by atoms with Crippen LogP contribution < -0.4 is 0 Å². The van der Waals surface area contributed by atoms with Gasteiger partial charge < -0.3 is 9.15 Å². The largest absolute Gasteiger partial charge is 0.463 e. The van der Waals surface area contributed by atoms with E-state index < -0.39 is 5.97 Å². The zero-order chi connectivity index (χ0) is 8.97. The van der Waals surface area contributed by atoms with Crippen molar-refractivity contribution in [3.63, 3.8) is 0 Å². The molecule has 4 heteroatoms. The normalized spacial score (nSPS) is 9.83. The number of hydrogen-bond acceptors (Lipinski definition) is 4. The zero-order valence-electron chi connectivity index (χ0n) is 6.99. The molecule has 0 N–H and O–H groups in total. The lowest BCUT2D eigenvalue weighted by molar-refractivity contribution is 0.0563. The fourth-order valence-corrected chi connectivity index (χ4v) is 1.25. The molecule has 1 aromatic heterocycles. The Kier molecular flexibility index (Phi) is 3.22. The average Bonchev–Trinajstić information content (AvgIpc) is 2.52. The molecule has 0 aromatic carbocycles. The van der Waals surface area contributed by atoms with Gasteiger partial charge in [0, 0.05) is 0 Å². The van der Waals surface area contributed by atoms with E-state index in [1.807, 2.05) is 6.26 Å². The highest BCUT2D eigenvalue weighted by atomic mass is 32.2. The lowest BCUT2D eigenvalue weighted by Gasteiger charge is -1.93. The topological polar surface area (TPSA) is 39.4 Å². The van der Waals surface area contributed by atoms with Crippen LogP contribution in [-0.4, -0.2) is 19.3 Å². The molecular formula is C8H10O3S. The second-order valence-corrected chi connectivity index (χ2v) is 3.06. The Labute approximate surface area is 75.1 Å². The van der Waals surface area contributed by atoms with Gasteiger partial charge in [0.15, 0.2) is 0 Å². The minimum Gasteiger partial charge on any atom is -0.463 e. The summed E-state index contributed by atoms with van der Waals surface area (Å²) < 4.78 is 9.67. The molecule has 66 valence electrons. The van der Waals surface area contributed by atoms with Gasteiger partial charge in [0.2, 0.25) is 5.76 Å². The maximum absolute atomic E-state index is 10.9. The molecule has 1 heterocycles. The van der Waals surface area contributed by atoms with Crippen LogP contribution >= 0.6 is 11.8 Å². The summed E-state index contributed by atoms with van der Waals surface area (Å²) in [7, 11) is 1.33. The quantitative estimate of drug-likeness (QED) is 0.676. The van der Waals surface area contributed by atoms with Gasteiger partial charge in [-0.1, -0.05) is 0 Å². The summed E-state index contributed by atoms with van der Waals surface area (Å²) in [4.78, 5) is 10.9. The molecule has 1 aromatic rings. The van der Waals surface area contributed by atoms with Gasteiger partial charge in [0.05, 0.1) is 12.9 Å². The van der Waals surface area contributed by atoms with E-state index in [1.54, 1.807) is 23.9 Å². The summed E-state index contributed by atoms with van der Waals surface area (Å²) in [6, 6.07) is 3.40. The van der Waals surface area contributed by atoms with Crippen molar-refractivity contribution in [2.75, 3.05) is 13.4 Å². The third-order valence-corrected chi connectivity index (χ3v) is 1.91. The predicted molar refractivity (Wildman–Crippen MR) is 47.3 cm³/mol. The molecular weight excluding hydrogens is 176 g/mol. The third-order valence-electron chi connectivity index (χ3n) is 1.33. The van der Waals surface area contributed by atoms with Crippen LogP contribution in [0.1, 0.15) is 16.3 Å². The van der Waals surface area contributed by atoms with Crippen LogP contribution in [-0.2, 0) is 10.5 Å². The van der Waals surface area contributed by atoms with E-state index in [-0.39, 0.29) is 5.76 Å². The Bertz CT molecular complexity index is 267. The second-order valence-electron chi connectivity index (χ2n) is 2.19. The number of carbonyl (C=O) groups is 1. The van der Waals surface area contributed by atoms with E-state index in [2.05, 4.69) is 4.74 Å². The van der Waals surface area contributed by atoms with Gasteiger partial charge in [-0.05, 0) is 18.4 Å². The number of furan rings is 1. The lowest BCUT2D eigenvalue weighted by atomic mass is 10.4. The fraction of sp³-hybridized carbons (Fsp3) is 0.375. The summed E-state index contributed by atoms with van der Waals surface area (Å²) in [6.45, 7) is 0. The zero-order valence-corrected chi connectivity index (χ0v) is 7.81. The molecule has 0 aliphatic heterocycles. The van der Waals surface area contributed by atoms with Crippen molar-refractivity contribution in [2.24, 2.45) is 0 Å². The predicted octanol–water partition coefficient (Wildman–Crippen LogP) is 1.93. The number of carbonyl (C=O) groups excluding carboxylic acids is 1. The SMILES string of the molecule is COC(=O)c1ccc(CSC)o1. The van der Waals surface area contributed by atoms with Gasteiger partial charge >= 0.3 is 5.97 Å². The number of hydrogen-bond donors (Lipinski definition) is 0. The van der Waals surface area contributed by atoms with E-state index in [0.717, 1.165) is 11.5 Å². The highest BCUT2D eigenvalue weighted by Gasteiger charge is 2.09. The van der Waals surface area contributed by atoms with Crippen molar-refractivity contribution >= 4 is 17.7 Å². The Hall–Kier alpha value is -0.900. The van der Waals surface area contributed by atoms with Gasteiger partial charge in [0.25, 0.3) is 0 Å². The summed E-state index contributed by atoms with van der Waals surface area (Å²) >= 11 is 1.64. The first-order valence-corrected chi connectivity index (χ1v) is 4.83. The first-order valence-electron chi connectivity index (χ1n) is 3.44. The van der Waals surface area contributed by atoms with Gasteiger partial charge in [0.1, 0.15) is 5.76 Å². The van der Waals surface area contributed by atoms with Crippen LogP contribution in [0.3, 0.4) is 0 Å². The molecule has 0 spiro atoms. The van der Waals surface area contributed by atoms with Crippen molar-refractivity contribution < 1.29 is 13.9 Å². The van der Waals surface area contributed by atoms with Crippen LogP contribution in [0.5, 0.6) is 0 Å². The molecule has 0 amide bonds. The molecule has 0 bridgehead atoms. The molecule has 1 rings (SSSR count). The van der Waals surface area contributed by atoms with E-state index >= 15 is 0 Å². The van der Waals surface area contributed by atoms with Gasteiger partial charge in [-0.2, -0.15) is 11.8 Å². The number of esters is 1. The molecule has 0 atom stereocenters. The monoisotopic (exact) mass is 186 g/mol. The molecule has 0 saturated carbocycles. The Balaban J connectivity index is 2.70. The summed E-state index contributed by atoms with van der Waals surface area (Å²) in [5.41, 5.74) is 0. The van der Waals surface area contributed by atoms with Crippen molar-refractivity contribution in [3.8, 4) is 0 Å². The summed E-state index contributed by atoms with van der Waals surface area (Å²) in [5.74, 6) is 1.41. The molecule has 3 nitrogen and oxygen atoms in total. The third kappa shape index (κ3) is 2.04. The maximum Gasteiger partial charge on any atom is 0.373 e. The average molecular weight is 186 g/mol. The van der Waals surface area contributed by atoms with E-state index in [4.69, 9.17) is 4.42 Å². The maximum atomic E-state index is 10.9. The minimum atomic E-state index is -0.428. The second kappa shape index (κ2) is 4.21. The number of ether oxygens (including phenoxy) is 1. The Morgan fingerprint density at radius 3 is 3.00 bits per heavy atom. The summed E-state index contributed by atoms with van der Waals surface area (Å²) in [6.07, 6.45) is 1.97. The van der Waals surface area contributed by atoms with E-state index in [9.17, 15) is 4.79 Å². The number of rotatable bonds is 3. The van der Waals surface area contributed by atoms with Gasteiger partial charge in [-0.15, -0.1) is 0 Å². The molecule has 0 unspecified atom stereocenters. The number of thioether (sulfide) groups is 1. The molecule has 0 fully saturated rings. The first kappa shape index (κ1) is 9.19. The minimum absolute atomic E-state index is 0.265. The van der Waals surface area contributed by atoms with Crippen LogP contribution in [0.25, 0.3) is 0 Å². The smallest absolute Gasteiger partial charge is 0.373 e. The first-order chi connectivity index (χ1) is 5.77. The van der Waals surface area contributed by atoms with Crippen molar-refractivity contribution in [3.05, 3.63) is 23.7 Å². The van der Waals surface area contributed by atoms with Gasteiger partial charge in [-0.25, -0.2) is 4.79 Å². The molecule has 0 saturated heterocycles. The highest BCUT2D eigenvalue weighted by Crippen LogP contribution is 2.13. The summed E-state index contributed by atoms with van der Waals surface area (Å²) in [5, 5.41) is 0. The van der Waals surface area contributed by atoms with Crippen LogP contribution in [0.4, 0.5) is 0 Å². The van der Waals surface area contributed by atoms with E-state index in [1.165, 1.54) is 7.11 Å². The van der Waals surface area contributed by atoms with Crippen molar-refractivity contribution in [1.29, 1.82) is 0 Å². The number of methoxy groups -OCH3 is 1.